The van der Waals surface area contributed by atoms with Crippen molar-refractivity contribution in [3.63, 3.8) is 0 Å². The van der Waals surface area contributed by atoms with E-state index in [0.29, 0.717) is 11.8 Å². The van der Waals surface area contributed by atoms with Gasteiger partial charge in [0.1, 0.15) is 0 Å². The minimum Gasteiger partial charge on any atom is -0.477 e. The topological polar surface area (TPSA) is 43.2 Å². The third kappa shape index (κ3) is 2.05. The Morgan fingerprint density at radius 1 is 0.900 bits per heavy atom. The lowest BCUT2D eigenvalue weighted by Crippen LogP contribution is -2.17. The molecule has 0 N–H and O–H groups in total. The lowest BCUT2D eigenvalue weighted by atomic mass is 10.6. The Balaban J connectivity index is 4.27. The smallest absolute Gasteiger partial charge is 0.272 e. The molecular formula is C6H12N2O2. The van der Waals surface area contributed by atoms with Crippen LogP contribution in [0.5, 0.6) is 0 Å². The molecule has 0 aliphatic rings. The highest BCUT2D eigenvalue weighted by atomic mass is 16.5. The molecule has 4 nitrogen and oxygen atoms in total. The van der Waals surface area contributed by atoms with Crippen molar-refractivity contribution in [3.05, 3.63) is 0 Å². The molecule has 0 amide bonds. The van der Waals surface area contributed by atoms with Gasteiger partial charge in [0.05, 0.1) is 14.2 Å². The molecule has 0 saturated heterocycles. The number of hydrogen-bond acceptors (Lipinski definition) is 4. The van der Waals surface area contributed by atoms with Crippen molar-refractivity contribution in [1.29, 1.82) is 0 Å². The summed E-state index contributed by atoms with van der Waals surface area (Å²) in [5.74, 6) is 0.815. The molecule has 0 saturated carbocycles. The predicted octanol–water partition coefficient (Wildman–Crippen LogP) is 0.336. The van der Waals surface area contributed by atoms with E-state index in [2.05, 4.69) is 9.98 Å². The van der Waals surface area contributed by atoms with Crippen LogP contribution in [0.15, 0.2) is 9.98 Å². The number of nitrogens with zero attached hydrogens (tertiary/aromatic N) is 2. The lowest BCUT2D eigenvalue weighted by Gasteiger charge is -2.03. The molecule has 4 heteroatoms. The van der Waals surface area contributed by atoms with E-state index < -0.39 is 0 Å². The molecule has 0 spiro atoms. The lowest BCUT2D eigenvalue weighted by molar-refractivity contribution is 0.367. The highest BCUT2D eigenvalue weighted by molar-refractivity contribution is 6.35. The van der Waals surface area contributed by atoms with Crippen LogP contribution in [0.1, 0.15) is 0 Å². The zero-order valence-electron chi connectivity index (χ0n) is 6.71. The Morgan fingerprint density at radius 3 is 1.30 bits per heavy atom. The van der Waals surface area contributed by atoms with E-state index in [1.807, 2.05) is 0 Å². The Labute approximate surface area is 60.6 Å². The normalized spacial score (nSPS) is 13.2. The monoisotopic (exact) mass is 144 g/mol. The average Bonchev–Trinajstić information content (AvgIpc) is 2.00. The van der Waals surface area contributed by atoms with E-state index in [0.717, 1.165) is 0 Å². The standard InChI is InChI=1S/C6H12N2O2/c1-7-5(9-3)6(8-2)10-4/h1-4H3. The molecule has 0 heterocycles. The third-order valence-electron chi connectivity index (χ3n) is 0.976. The quantitative estimate of drug-likeness (QED) is 0.363. The van der Waals surface area contributed by atoms with Crippen molar-refractivity contribution in [3.8, 4) is 0 Å². The van der Waals surface area contributed by atoms with E-state index in [-0.39, 0.29) is 0 Å². The van der Waals surface area contributed by atoms with Crippen LogP contribution < -0.4 is 0 Å². The van der Waals surface area contributed by atoms with Gasteiger partial charge in [-0.05, 0) is 0 Å². The van der Waals surface area contributed by atoms with Crippen LogP contribution in [-0.2, 0) is 9.47 Å². The zero-order chi connectivity index (χ0) is 7.98. The van der Waals surface area contributed by atoms with Crippen molar-refractivity contribution in [2.45, 2.75) is 0 Å². The summed E-state index contributed by atoms with van der Waals surface area (Å²) in [7, 11) is 6.27. The first-order valence-corrected chi connectivity index (χ1v) is 2.82. The predicted molar refractivity (Wildman–Crippen MR) is 40.7 cm³/mol. The summed E-state index contributed by atoms with van der Waals surface area (Å²) >= 11 is 0. The van der Waals surface area contributed by atoms with Crippen molar-refractivity contribution in [1.82, 2.24) is 0 Å². The zero-order valence-corrected chi connectivity index (χ0v) is 6.71. The average molecular weight is 144 g/mol. The molecule has 0 aromatic heterocycles. The van der Waals surface area contributed by atoms with Crippen LogP contribution in [0.25, 0.3) is 0 Å². The molecule has 58 valence electrons. The molecule has 0 unspecified atom stereocenters. The largest absolute Gasteiger partial charge is 0.477 e. The van der Waals surface area contributed by atoms with Crippen LogP contribution in [0.2, 0.25) is 0 Å². The van der Waals surface area contributed by atoms with Gasteiger partial charge in [-0.2, -0.15) is 0 Å². The van der Waals surface area contributed by atoms with Gasteiger partial charge in [-0.1, -0.05) is 0 Å². The van der Waals surface area contributed by atoms with Crippen molar-refractivity contribution in [2.24, 2.45) is 9.98 Å². The second kappa shape index (κ2) is 4.78. The second-order valence-corrected chi connectivity index (χ2v) is 1.47. The maximum Gasteiger partial charge on any atom is 0.272 e. The molecule has 0 radical (unpaired) electrons. The van der Waals surface area contributed by atoms with Gasteiger partial charge in [0.15, 0.2) is 0 Å². The van der Waals surface area contributed by atoms with Gasteiger partial charge in [0, 0.05) is 14.1 Å². The molecular weight excluding hydrogens is 132 g/mol. The molecule has 0 aliphatic heterocycles. The van der Waals surface area contributed by atoms with Gasteiger partial charge < -0.3 is 9.47 Å². The number of aliphatic imine (C=N–C) groups is 2. The Kier molecular flexibility index (Phi) is 4.28. The summed E-state index contributed by atoms with van der Waals surface area (Å²) in [6.45, 7) is 0. The molecule has 0 aliphatic carbocycles. The van der Waals surface area contributed by atoms with E-state index >= 15 is 0 Å². The summed E-state index contributed by atoms with van der Waals surface area (Å²) in [5.41, 5.74) is 0. The van der Waals surface area contributed by atoms with Crippen molar-refractivity contribution in [2.75, 3.05) is 28.3 Å². The molecule has 0 aromatic rings. The fourth-order valence-corrected chi connectivity index (χ4v) is 0.548. The van der Waals surface area contributed by atoms with Crippen LogP contribution in [0.4, 0.5) is 0 Å². The summed E-state index contributed by atoms with van der Waals surface area (Å²) in [6, 6.07) is 0. The third-order valence-corrected chi connectivity index (χ3v) is 0.976. The van der Waals surface area contributed by atoms with Gasteiger partial charge in [0.25, 0.3) is 11.8 Å². The summed E-state index contributed by atoms with van der Waals surface area (Å²) in [6.07, 6.45) is 0. The molecule has 0 rings (SSSR count). The molecule has 0 atom stereocenters. The maximum absolute atomic E-state index is 4.84. The van der Waals surface area contributed by atoms with Crippen LogP contribution in [0, 0.1) is 0 Å². The Bertz CT molecular complexity index is 134. The first-order valence-electron chi connectivity index (χ1n) is 2.82. The van der Waals surface area contributed by atoms with Crippen molar-refractivity contribution < 1.29 is 9.47 Å². The number of rotatable bonds is 0. The minimum absolute atomic E-state index is 0.407. The maximum atomic E-state index is 4.84. The van der Waals surface area contributed by atoms with E-state index in [9.17, 15) is 0 Å². The summed E-state index contributed by atoms with van der Waals surface area (Å²) in [5, 5.41) is 0. The van der Waals surface area contributed by atoms with E-state index in [4.69, 9.17) is 9.47 Å². The van der Waals surface area contributed by atoms with E-state index in [1.54, 1.807) is 14.1 Å². The SMILES string of the molecule is CN=C(OC)C(=NC)OC. The molecule has 0 bridgehead atoms. The Morgan fingerprint density at radius 2 is 1.20 bits per heavy atom. The first-order chi connectivity index (χ1) is 4.79. The van der Waals surface area contributed by atoms with E-state index in [1.165, 1.54) is 14.2 Å². The fraction of sp³-hybridized carbons (Fsp3) is 0.667. The molecule has 0 fully saturated rings. The van der Waals surface area contributed by atoms with Gasteiger partial charge >= 0.3 is 0 Å². The fourth-order valence-electron chi connectivity index (χ4n) is 0.548. The Hall–Kier alpha value is -1.06. The first kappa shape index (κ1) is 8.94. The molecule has 10 heavy (non-hydrogen) atoms. The van der Waals surface area contributed by atoms with Crippen LogP contribution in [-0.4, -0.2) is 40.1 Å². The van der Waals surface area contributed by atoms with Gasteiger partial charge in [-0.15, -0.1) is 0 Å². The summed E-state index contributed by atoms with van der Waals surface area (Å²) < 4.78 is 9.68. The van der Waals surface area contributed by atoms with Crippen molar-refractivity contribution >= 4 is 11.8 Å². The summed E-state index contributed by atoms with van der Waals surface area (Å²) in [4.78, 5) is 7.57. The van der Waals surface area contributed by atoms with Gasteiger partial charge in [-0.25, -0.2) is 0 Å². The second-order valence-electron chi connectivity index (χ2n) is 1.47. The minimum atomic E-state index is 0.407. The highest BCUT2D eigenvalue weighted by Crippen LogP contribution is 1.85. The number of methoxy groups -OCH3 is 2. The number of ether oxygens (including phenoxy) is 2. The van der Waals surface area contributed by atoms with Gasteiger partial charge in [-0.3, -0.25) is 9.98 Å². The van der Waals surface area contributed by atoms with Crippen LogP contribution >= 0.6 is 0 Å². The molecule has 0 aromatic carbocycles. The van der Waals surface area contributed by atoms with Crippen LogP contribution in [0.3, 0.4) is 0 Å². The highest BCUT2D eigenvalue weighted by Gasteiger charge is 2.05. The number of hydrogen-bond donors (Lipinski definition) is 0. The van der Waals surface area contributed by atoms with Gasteiger partial charge in [0.2, 0.25) is 0 Å².